The molecule has 0 atom stereocenters. The number of carbonyl (C=O) groups excluding carboxylic acids is 1. The summed E-state index contributed by atoms with van der Waals surface area (Å²) in [5.74, 6) is 0.632. The van der Waals surface area contributed by atoms with E-state index >= 15 is 0 Å². The maximum atomic E-state index is 11.8. The van der Waals surface area contributed by atoms with Crippen LogP contribution in [0.5, 0.6) is 5.75 Å². The molecule has 5 nitrogen and oxygen atoms in total. The fourth-order valence-corrected chi connectivity index (χ4v) is 1.87. The van der Waals surface area contributed by atoms with E-state index in [1.165, 1.54) is 12.8 Å². The SMILES string of the molecule is CCCCCNC(=S)NNC(=O)Cc1ccc(OC)cc1. The summed E-state index contributed by atoms with van der Waals surface area (Å²) < 4.78 is 5.07. The summed E-state index contributed by atoms with van der Waals surface area (Å²) >= 11 is 5.07. The van der Waals surface area contributed by atoms with E-state index in [9.17, 15) is 4.79 Å². The summed E-state index contributed by atoms with van der Waals surface area (Å²) in [5, 5.41) is 3.48. The van der Waals surface area contributed by atoms with Gasteiger partial charge in [-0.15, -0.1) is 0 Å². The third-order valence-electron chi connectivity index (χ3n) is 2.91. The second-order valence-electron chi connectivity index (χ2n) is 4.66. The fourth-order valence-electron chi connectivity index (χ4n) is 1.72. The quantitative estimate of drug-likeness (QED) is 0.408. The molecular formula is C15H23N3O2S. The summed E-state index contributed by atoms with van der Waals surface area (Å²) in [5.41, 5.74) is 6.19. The number of hydrogen-bond acceptors (Lipinski definition) is 3. The van der Waals surface area contributed by atoms with Crippen LogP contribution in [0.2, 0.25) is 0 Å². The molecule has 21 heavy (non-hydrogen) atoms. The Bertz CT molecular complexity index is 449. The number of hydrogen-bond donors (Lipinski definition) is 3. The van der Waals surface area contributed by atoms with Gasteiger partial charge in [0.25, 0.3) is 0 Å². The minimum absolute atomic E-state index is 0.141. The first-order valence-electron chi connectivity index (χ1n) is 7.11. The topological polar surface area (TPSA) is 62.4 Å². The van der Waals surface area contributed by atoms with Crippen molar-refractivity contribution in [3.05, 3.63) is 29.8 Å². The Morgan fingerprint density at radius 1 is 1.19 bits per heavy atom. The van der Waals surface area contributed by atoms with Gasteiger partial charge in [0, 0.05) is 6.54 Å². The lowest BCUT2D eigenvalue weighted by Gasteiger charge is -2.11. The third-order valence-corrected chi connectivity index (χ3v) is 3.15. The molecule has 0 heterocycles. The van der Waals surface area contributed by atoms with Crippen LogP contribution >= 0.6 is 12.2 Å². The van der Waals surface area contributed by atoms with E-state index in [2.05, 4.69) is 23.1 Å². The molecule has 6 heteroatoms. The van der Waals surface area contributed by atoms with Gasteiger partial charge in [-0.2, -0.15) is 0 Å². The predicted molar refractivity (Wildman–Crippen MR) is 88.1 cm³/mol. The third kappa shape index (κ3) is 7.51. The maximum Gasteiger partial charge on any atom is 0.242 e. The summed E-state index contributed by atoms with van der Waals surface area (Å²) in [6.07, 6.45) is 3.69. The van der Waals surface area contributed by atoms with Crippen LogP contribution in [0.4, 0.5) is 0 Å². The number of amides is 1. The molecule has 0 radical (unpaired) electrons. The first kappa shape index (κ1) is 17.2. The lowest BCUT2D eigenvalue weighted by atomic mass is 10.1. The Morgan fingerprint density at radius 3 is 2.52 bits per heavy atom. The second-order valence-corrected chi connectivity index (χ2v) is 5.07. The van der Waals surface area contributed by atoms with Crippen LogP contribution in [-0.2, 0) is 11.2 Å². The Balaban J connectivity index is 2.22. The highest BCUT2D eigenvalue weighted by atomic mass is 32.1. The smallest absolute Gasteiger partial charge is 0.242 e. The molecule has 0 fully saturated rings. The van der Waals surface area contributed by atoms with Gasteiger partial charge in [-0.3, -0.25) is 15.6 Å². The van der Waals surface area contributed by atoms with E-state index in [0.717, 1.165) is 24.3 Å². The first-order chi connectivity index (χ1) is 10.2. The standard InChI is InChI=1S/C15H23N3O2S/c1-3-4-5-10-16-15(21)18-17-14(19)11-12-6-8-13(20-2)9-7-12/h6-9H,3-5,10-11H2,1-2H3,(H,17,19)(H2,16,18,21). The second kappa shape index (κ2) is 9.99. The average molecular weight is 309 g/mol. The highest BCUT2D eigenvalue weighted by Crippen LogP contribution is 2.11. The summed E-state index contributed by atoms with van der Waals surface area (Å²) in [4.78, 5) is 11.8. The number of ether oxygens (including phenoxy) is 1. The Labute approximate surface area is 131 Å². The zero-order valence-corrected chi connectivity index (χ0v) is 13.4. The molecule has 1 aromatic rings. The van der Waals surface area contributed by atoms with Crippen molar-refractivity contribution in [2.24, 2.45) is 0 Å². The van der Waals surface area contributed by atoms with Gasteiger partial charge < -0.3 is 10.1 Å². The highest BCUT2D eigenvalue weighted by molar-refractivity contribution is 7.80. The van der Waals surface area contributed by atoms with Crippen LogP contribution in [0.25, 0.3) is 0 Å². The van der Waals surface area contributed by atoms with Crippen molar-refractivity contribution in [1.82, 2.24) is 16.2 Å². The molecular weight excluding hydrogens is 286 g/mol. The van der Waals surface area contributed by atoms with Crippen LogP contribution < -0.4 is 20.9 Å². The molecule has 3 N–H and O–H groups in total. The molecule has 0 aliphatic carbocycles. The number of carbonyl (C=O) groups is 1. The molecule has 0 unspecified atom stereocenters. The van der Waals surface area contributed by atoms with Gasteiger partial charge in [0.15, 0.2) is 5.11 Å². The molecule has 1 aromatic carbocycles. The lowest BCUT2D eigenvalue weighted by Crippen LogP contribution is -2.47. The van der Waals surface area contributed by atoms with Crippen LogP contribution in [-0.4, -0.2) is 24.7 Å². The number of unbranched alkanes of at least 4 members (excludes halogenated alkanes) is 2. The zero-order chi connectivity index (χ0) is 15.5. The van der Waals surface area contributed by atoms with Crippen molar-refractivity contribution < 1.29 is 9.53 Å². The minimum atomic E-state index is -0.141. The Morgan fingerprint density at radius 2 is 1.90 bits per heavy atom. The normalized spacial score (nSPS) is 9.81. The largest absolute Gasteiger partial charge is 0.497 e. The van der Waals surface area contributed by atoms with Gasteiger partial charge in [0.05, 0.1) is 13.5 Å². The van der Waals surface area contributed by atoms with Crippen molar-refractivity contribution in [2.45, 2.75) is 32.6 Å². The fraction of sp³-hybridized carbons (Fsp3) is 0.467. The van der Waals surface area contributed by atoms with Crippen molar-refractivity contribution in [1.29, 1.82) is 0 Å². The van der Waals surface area contributed by atoms with Gasteiger partial charge in [-0.1, -0.05) is 31.9 Å². The molecule has 0 bridgehead atoms. The van der Waals surface area contributed by atoms with Crippen molar-refractivity contribution in [2.75, 3.05) is 13.7 Å². The van der Waals surface area contributed by atoms with Gasteiger partial charge in [0.1, 0.15) is 5.75 Å². The van der Waals surface area contributed by atoms with Gasteiger partial charge >= 0.3 is 0 Å². The highest BCUT2D eigenvalue weighted by Gasteiger charge is 2.04. The first-order valence-corrected chi connectivity index (χ1v) is 7.52. The van der Waals surface area contributed by atoms with Gasteiger partial charge in [0.2, 0.25) is 5.91 Å². The molecule has 0 aliphatic heterocycles. The number of thiocarbonyl (C=S) groups is 1. The summed E-state index contributed by atoms with van der Waals surface area (Å²) in [6, 6.07) is 7.38. The van der Waals surface area contributed by atoms with E-state index in [-0.39, 0.29) is 12.3 Å². The Hall–Kier alpha value is -1.82. The molecule has 0 saturated heterocycles. The van der Waals surface area contributed by atoms with E-state index in [4.69, 9.17) is 17.0 Å². The number of nitrogens with one attached hydrogen (secondary N) is 3. The van der Waals surface area contributed by atoms with E-state index < -0.39 is 0 Å². The molecule has 0 spiro atoms. The number of rotatable bonds is 7. The van der Waals surface area contributed by atoms with E-state index in [1.54, 1.807) is 7.11 Å². The Kier molecular flexibility index (Phi) is 8.19. The van der Waals surface area contributed by atoms with Crippen molar-refractivity contribution >= 4 is 23.2 Å². The van der Waals surface area contributed by atoms with Crippen LogP contribution in [0.15, 0.2) is 24.3 Å². The number of methoxy groups -OCH3 is 1. The van der Waals surface area contributed by atoms with E-state index in [0.29, 0.717) is 5.11 Å². The molecule has 0 aromatic heterocycles. The monoisotopic (exact) mass is 309 g/mol. The zero-order valence-electron chi connectivity index (χ0n) is 12.6. The number of benzene rings is 1. The summed E-state index contributed by atoms with van der Waals surface area (Å²) in [7, 11) is 1.61. The molecule has 0 aliphatic rings. The maximum absolute atomic E-state index is 11.8. The van der Waals surface area contributed by atoms with Crippen molar-refractivity contribution in [3.63, 3.8) is 0 Å². The van der Waals surface area contributed by atoms with Gasteiger partial charge in [-0.25, -0.2) is 0 Å². The molecule has 1 rings (SSSR count). The predicted octanol–water partition coefficient (Wildman–Crippen LogP) is 1.92. The van der Waals surface area contributed by atoms with Gasteiger partial charge in [-0.05, 0) is 36.3 Å². The van der Waals surface area contributed by atoms with Crippen LogP contribution in [0.1, 0.15) is 31.7 Å². The van der Waals surface area contributed by atoms with Crippen molar-refractivity contribution in [3.8, 4) is 5.75 Å². The summed E-state index contributed by atoms with van der Waals surface area (Å²) in [6.45, 7) is 2.96. The molecule has 0 saturated carbocycles. The number of hydrazine groups is 1. The molecule has 116 valence electrons. The minimum Gasteiger partial charge on any atom is -0.497 e. The van der Waals surface area contributed by atoms with E-state index in [1.807, 2.05) is 24.3 Å². The lowest BCUT2D eigenvalue weighted by molar-refractivity contribution is -0.121. The van der Waals surface area contributed by atoms with Crippen LogP contribution in [0.3, 0.4) is 0 Å². The average Bonchev–Trinajstić information content (AvgIpc) is 2.50. The molecule has 1 amide bonds. The van der Waals surface area contributed by atoms with Crippen LogP contribution in [0, 0.1) is 0 Å².